The van der Waals surface area contributed by atoms with Gasteiger partial charge in [-0.05, 0) is 22.8 Å². The minimum absolute atomic E-state index is 0. The highest BCUT2D eigenvalue weighted by Gasteiger charge is 2.16. The Morgan fingerprint density at radius 1 is 0.853 bits per heavy atom. The molecule has 7 nitrogen and oxygen atoms in total. The zero-order chi connectivity index (χ0) is 22.7. The molecule has 0 saturated carbocycles. The van der Waals surface area contributed by atoms with Crippen molar-refractivity contribution in [1.82, 2.24) is 30.2 Å². The van der Waals surface area contributed by atoms with Gasteiger partial charge in [0.1, 0.15) is 0 Å². The summed E-state index contributed by atoms with van der Waals surface area (Å²) < 4.78 is 1.95. The highest BCUT2D eigenvalue weighted by molar-refractivity contribution is 14.0. The van der Waals surface area contributed by atoms with Crippen molar-refractivity contribution in [3.8, 4) is 0 Å². The molecular formula is C26H36IN7. The van der Waals surface area contributed by atoms with E-state index in [9.17, 15) is 0 Å². The molecule has 0 unspecified atom stereocenters. The molecular weight excluding hydrogens is 537 g/mol. The van der Waals surface area contributed by atoms with Crippen molar-refractivity contribution in [2.24, 2.45) is 4.99 Å². The Balaban J connectivity index is 0.00000324. The molecule has 2 aromatic carbocycles. The lowest BCUT2D eigenvalue weighted by Gasteiger charge is -2.34. The van der Waals surface area contributed by atoms with Crippen molar-refractivity contribution < 1.29 is 0 Å². The monoisotopic (exact) mass is 573 g/mol. The summed E-state index contributed by atoms with van der Waals surface area (Å²) in [5, 5.41) is 11.3. The van der Waals surface area contributed by atoms with E-state index in [1.54, 1.807) is 0 Å². The molecule has 0 radical (unpaired) electrons. The minimum atomic E-state index is 0. The predicted molar refractivity (Wildman–Crippen MR) is 150 cm³/mol. The minimum Gasteiger partial charge on any atom is -0.355 e. The number of hydrogen-bond donors (Lipinski definition) is 2. The molecule has 0 atom stereocenters. The summed E-state index contributed by atoms with van der Waals surface area (Å²) in [5.41, 5.74) is 3.91. The number of nitrogens with one attached hydrogen (secondary N) is 2. The predicted octanol–water partition coefficient (Wildman–Crippen LogP) is 3.03. The van der Waals surface area contributed by atoms with Crippen LogP contribution in [0.1, 0.15) is 16.7 Å². The van der Waals surface area contributed by atoms with E-state index in [2.05, 4.69) is 85.1 Å². The Hall–Kier alpha value is -2.43. The molecule has 1 aliphatic heterocycles. The van der Waals surface area contributed by atoms with E-state index < -0.39 is 0 Å². The van der Waals surface area contributed by atoms with Crippen LogP contribution in [0.5, 0.6) is 0 Å². The maximum absolute atomic E-state index is 4.40. The van der Waals surface area contributed by atoms with Gasteiger partial charge in [-0.3, -0.25) is 19.5 Å². The summed E-state index contributed by atoms with van der Waals surface area (Å²) in [6, 6.07) is 21.2. The van der Waals surface area contributed by atoms with Crippen molar-refractivity contribution in [3.63, 3.8) is 0 Å². The second-order valence-electron chi connectivity index (χ2n) is 8.43. The second-order valence-corrected chi connectivity index (χ2v) is 8.43. The SMILES string of the molecule is CN=C(NCCN1CCN(Cc2ccccc2)CC1)NCc1ccccc1Cn1cccn1.I. The molecule has 2 N–H and O–H groups in total. The van der Waals surface area contributed by atoms with Crippen LogP contribution in [0, 0.1) is 0 Å². The Morgan fingerprint density at radius 3 is 2.26 bits per heavy atom. The number of benzene rings is 2. The lowest BCUT2D eigenvalue weighted by Crippen LogP contribution is -2.48. The van der Waals surface area contributed by atoms with E-state index in [1.165, 1.54) is 16.7 Å². The molecule has 1 aromatic heterocycles. The average Bonchev–Trinajstić information content (AvgIpc) is 3.37. The lowest BCUT2D eigenvalue weighted by atomic mass is 10.1. The first-order chi connectivity index (χ1) is 16.3. The van der Waals surface area contributed by atoms with Gasteiger partial charge in [0.15, 0.2) is 5.96 Å². The normalized spacial score (nSPS) is 15.0. The number of nitrogens with zero attached hydrogens (tertiary/aromatic N) is 5. The quantitative estimate of drug-likeness (QED) is 0.234. The van der Waals surface area contributed by atoms with E-state index in [0.717, 1.165) is 64.9 Å². The molecule has 0 aliphatic carbocycles. The maximum Gasteiger partial charge on any atom is 0.191 e. The van der Waals surface area contributed by atoms with Crippen LogP contribution in [0.15, 0.2) is 78.0 Å². The van der Waals surface area contributed by atoms with E-state index in [-0.39, 0.29) is 24.0 Å². The first-order valence-corrected chi connectivity index (χ1v) is 11.8. The Morgan fingerprint density at radius 2 is 1.56 bits per heavy atom. The zero-order valence-corrected chi connectivity index (χ0v) is 22.3. The molecule has 1 aliphatic rings. The van der Waals surface area contributed by atoms with Crippen molar-refractivity contribution in [3.05, 3.63) is 89.7 Å². The molecule has 182 valence electrons. The standard InChI is InChI=1S/C26H35N7.HI/c1-27-26(29-20-24-10-5-6-11-25(24)22-33-14-7-12-30-33)28-13-15-31-16-18-32(19-17-31)21-23-8-3-2-4-9-23;/h2-12,14H,13,15-22H2,1H3,(H2,27,28,29);1H. The number of aromatic nitrogens is 2. The molecule has 1 saturated heterocycles. The smallest absolute Gasteiger partial charge is 0.191 e. The van der Waals surface area contributed by atoms with E-state index in [0.29, 0.717) is 0 Å². The first kappa shape index (κ1) is 26.2. The summed E-state index contributed by atoms with van der Waals surface area (Å²) in [6.45, 7) is 8.92. The van der Waals surface area contributed by atoms with Gasteiger partial charge in [0, 0.05) is 71.8 Å². The van der Waals surface area contributed by atoms with Gasteiger partial charge in [0.25, 0.3) is 0 Å². The highest BCUT2D eigenvalue weighted by atomic mass is 127. The summed E-state index contributed by atoms with van der Waals surface area (Å²) in [4.78, 5) is 9.47. The number of aliphatic imine (C=N–C) groups is 1. The van der Waals surface area contributed by atoms with Crippen LogP contribution in [-0.4, -0.2) is 71.9 Å². The molecule has 8 heteroatoms. The number of halogens is 1. The largest absolute Gasteiger partial charge is 0.355 e. The van der Waals surface area contributed by atoms with Crippen LogP contribution in [0.2, 0.25) is 0 Å². The zero-order valence-electron chi connectivity index (χ0n) is 19.9. The third-order valence-electron chi connectivity index (χ3n) is 6.11. The number of rotatable bonds is 9. The Bertz CT molecular complexity index is 983. The van der Waals surface area contributed by atoms with Crippen LogP contribution in [-0.2, 0) is 19.6 Å². The summed E-state index contributed by atoms with van der Waals surface area (Å²) in [6.07, 6.45) is 3.81. The van der Waals surface area contributed by atoms with Gasteiger partial charge in [0.05, 0.1) is 6.54 Å². The summed E-state index contributed by atoms with van der Waals surface area (Å²) in [7, 11) is 1.83. The molecule has 0 amide bonds. The van der Waals surface area contributed by atoms with Crippen LogP contribution in [0.4, 0.5) is 0 Å². The van der Waals surface area contributed by atoms with Crippen molar-refractivity contribution in [2.45, 2.75) is 19.6 Å². The van der Waals surface area contributed by atoms with Gasteiger partial charge in [-0.25, -0.2) is 0 Å². The maximum atomic E-state index is 4.40. The summed E-state index contributed by atoms with van der Waals surface area (Å²) >= 11 is 0. The van der Waals surface area contributed by atoms with Gasteiger partial charge in [0.2, 0.25) is 0 Å². The second kappa shape index (κ2) is 14.1. The highest BCUT2D eigenvalue weighted by Crippen LogP contribution is 2.10. The molecule has 0 bridgehead atoms. The fourth-order valence-electron chi connectivity index (χ4n) is 4.20. The van der Waals surface area contributed by atoms with Crippen LogP contribution < -0.4 is 10.6 Å². The van der Waals surface area contributed by atoms with Crippen LogP contribution in [0.3, 0.4) is 0 Å². The lowest BCUT2D eigenvalue weighted by molar-refractivity contribution is 0.129. The van der Waals surface area contributed by atoms with Crippen molar-refractivity contribution >= 4 is 29.9 Å². The fraction of sp³-hybridized carbons (Fsp3) is 0.385. The third-order valence-corrected chi connectivity index (χ3v) is 6.11. The number of hydrogen-bond acceptors (Lipinski definition) is 4. The molecule has 1 fully saturated rings. The molecule has 34 heavy (non-hydrogen) atoms. The molecule has 2 heterocycles. The Kier molecular flexibility index (Phi) is 10.8. The first-order valence-electron chi connectivity index (χ1n) is 11.8. The topological polar surface area (TPSA) is 60.7 Å². The Labute approximate surface area is 220 Å². The molecule has 4 rings (SSSR count). The number of guanidine groups is 1. The van der Waals surface area contributed by atoms with Crippen molar-refractivity contribution in [2.75, 3.05) is 46.3 Å². The molecule has 3 aromatic rings. The van der Waals surface area contributed by atoms with Crippen LogP contribution in [0.25, 0.3) is 0 Å². The van der Waals surface area contributed by atoms with Gasteiger partial charge in [-0.1, -0.05) is 54.6 Å². The van der Waals surface area contributed by atoms with Gasteiger partial charge >= 0.3 is 0 Å². The number of piperazine rings is 1. The molecule has 0 spiro atoms. The summed E-state index contributed by atoms with van der Waals surface area (Å²) in [5.74, 6) is 0.839. The average molecular weight is 574 g/mol. The van der Waals surface area contributed by atoms with Gasteiger partial charge in [-0.15, -0.1) is 24.0 Å². The van der Waals surface area contributed by atoms with E-state index >= 15 is 0 Å². The van der Waals surface area contributed by atoms with Crippen LogP contribution >= 0.6 is 24.0 Å². The van der Waals surface area contributed by atoms with E-state index in [4.69, 9.17) is 0 Å². The third kappa shape index (κ3) is 8.11. The fourth-order valence-corrected chi connectivity index (χ4v) is 4.20. The van der Waals surface area contributed by atoms with Crippen molar-refractivity contribution in [1.29, 1.82) is 0 Å². The van der Waals surface area contributed by atoms with Gasteiger partial charge in [-0.2, -0.15) is 5.10 Å². The van der Waals surface area contributed by atoms with E-state index in [1.807, 2.05) is 30.2 Å². The van der Waals surface area contributed by atoms with Gasteiger partial charge < -0.3 is 10.6 Å².